The van der Waals surface area contributed by atoms with Crippen LogP contribution in [0.25, 0.3) is 0 Å². The van der Waals surface area contributed by atoms with Crippen molar-refractivity contribution in [1.82, 2.24) is 15.6 Å². The second-order valence-electron chi connectivity index (χ2n) is 4.62. The molecule has 1 heterocycles. The summed E-state index contributed by atoms with van der Waals surface area (Å²) in [5, 5.41) is 7.02. The van der Waals surface area contributed by atoms with Gasteiger partial charge in [-0.3, -0.25) is 4.99 Å². The molecule has 0 aliphatic carbocycles. The molecule has 0 amide bonds. The van der Waals surface area contributed by atoms with Crippen molar-refractivity contribution in [3.8, 4) is 0 Å². The molecule has 0 bridgehead atoms. The monoisotopic (exact) mass is 328 g/mol. The predicted molar refractivity (Wildman–Crippen MR) is 89.6 cm³/mol. The number of methoxy groups -OCH3 is 1. The van der Waals surface area contributed by atoms with Crippen LogP contribution in [0.15, 0.2) is 23.3 Å². The average molecular weight is 329 g/mol. The highest BCUT2D eigenvalue weighted by Crippen LogP contribution is 2.05. The number of rotatable bonds is 10. The molecular formula is C15H25ClN4O2. The molecule has 0 unspecified atom stereocenters. The van der Waals surface area contributed by atoms with Gasteiger partial charge in [-0.25, -0.2) is 4.98 Å². The SMILES string of the molecule is CN=C(NCCCOCCOC)NCCc1ccc(Cl)nc1. The lowest BCUT2D eigenvalue weighted by Crippen LogP contribution is -2.39. The van der Waals surface area contributed by atoms with Gasteiger partial charge in [-0.1, -0.05) is 17.7 Å². The fourth-order valence-corrected chi connectivity index (χ4v) is 1.84. The van der Waals surface area contributed by atoms with Crippen molar-refractivity contribution in [3.63, 3.8) is 0 Å². The summed E-state index contributed by atoms with van der Waals surface area (Å²) in [5.41, 5.74) is 1.14. The van der Waals surface area contributed by atoms with Crippen LogP contribution >= 0.6 is 11.6 Å². The van der Waals surface area contributed by atoms with Gasteiger partial charge in [-0.2, -0.15) is 0 Å². The summed E-state index contributed by atoms with van der Waals surface area (Å²) in [7, 11) is 3.43. The normalized spacial score (nSPS) is 11.5. The largest absolute Gasteiger partial charge is 0.382 e. The number of pyridine rings is 1. The fourth-order valence-electron chi connectivity index (χ4n) is 1.73. The average Bonchev–Trinajstić information content (AvgIpc) is 2.54. The van der Waals surface area contributed by atoms with Crippen LogP contribution in [-0.4, -0.2) is 58.0 Å². The Hall–Kier alpha value is -1.37. The van der Waals surface area contributed by atoms with E-state index in [-0.39, 0.29) is 0 Å². The number of nitrogens with zero attached hydrogens (tertiary/aromatic N) is 2. The first-order chi connectivity index (χ1) is 10.8. The Morgan fingerprint density at radius 1 is 1.23 bits per heavy atom. The number of aliphatic imine (C=N–C) groups is 1. The Kier molecular flexibility index (Phi) is 10.4. The number of aromatic nitrogens is 1. The van der Waals surface area contributed by atoms with E-state index in [0.717, 1.165) is 37.5 Å². The smallest absolute Gasteiger partial charge is 0.190 e. The zero-order valence-corrected chi connectivity index (χ0v) is 14.0. The molecule has 1 aromatic heterocycles. The second kappa shape index (κ2) is 12.2. The third-order valence-corrected chi connectivity index (χ3v) is 3.13. The third-order valence-electron chi connectivity index (χ3n) is 2.91. The zero-order valence-electron chi connectivity index (χ0n) is 13.3. The molecule has 0 radical (unpaired) electrons. The number of guanidine groups is 1. The highest BCUT2D eigenvalue weighted by Gasteiger charge is 1.98. The minimum atomic E-state index is 0.516. The van der Waals surface area contributed by atoms with Crippen LogP contribution in [0.5, 0.6) is 0 Å². The molecule has 0 fully saturated rings. The van der Waals surface area contributed by atoms with Gasteiger partial charge in [0.25, 0.3) is 0 Å². The maximum Gasteiger partial charge on any atom is 0.190 e. The van der Waals surface area contributed by atoms with E-state index in [0.29, 0.717) is 25.0 Å². The van der Waals surface area contributed by atoms with E-state index in [2.05, 4.69) is 20.6 Å². The summed E-state index contributed by atoms with van der Waals surface area (Å²) in [5.74, 6) is 0.791. The standard InChI is InChI=1S/C15H25ClN4O2/c1-17-15(18-7-3-9-22-11-10-21-2)19-8-6-13-4-5-14(16)20-12-13/h4-5,12H,3,6-11H2,1-2H3,(H2,17,18,19). The Balaban J connectivity index is 2.08. The summed E-state index contributed by atoms with van der Waals surface area (Å²) >= 11 is 5.76. The summed E-state index contributed by atoms with van der Waals surface area (Å²) in [4.78, 5) is 8.23. The summed E-state index contributed by atoms with van der Waals surface area (Å²) < 4.78 is 10.3. The first-order valence-corrected chi connectivity index (χ1v) is 7.75. The Bertz CT molecular complexity index is 426. The predicted octanol–water partition coefficient (Wildman–Crippen LogP) is 1.50. The van der Waals surface area contributed by atoms with Crippen molar-refractivity contribution < 1.29 is 9.47 Å². The molecule has 2 N–H and O–H groups in total. The van der Waals surface area contributed by atoms with E-state index in [4.69, 9.17) is 21.1 Å². The van der Waals surface area contributed by atoms with Crippen LogP contribution in [0.4, 0.5) is 0 Å². The van der Waals surface area contributed by atoms with Gasteiger partial charge in [0, 0.05) is 40.1 Å². The van der Waals surface area contributed by atoms with Crippen molar-refractivity contribution >= 4 is 17.6 Å². The number of hydrogen-bond acceptors (Lipinski definition) is 4. The van der Waals surface area contributed by atoms with Crippen molar-refractivity contribution in [3.05, 3.63) is 29.0 Å². The van der Waals surface area contributed by atoms with E-state index < -0.39 is 0 Å². The summed E-state index contributed by atoms with van der Waals surface area (Å²) in [6.45, 7) is 3.58. The van der Waals surface area contributed by atoms with E-state index in [1.165, 1.54) is 0 Å². The van der Waals surface area contributed by atoms with E-state index in [1.54, 1.807) is 26.4 Å². The van der Waals surface area contributed by atoms with E-state index >= 15 is 0 Å². The van der Waals surface area contributed by atoms with Crippen LogP contribution < -0.4 is 10.6 Å². The van der Waals surface area contributed by atoms with Gasteiger partial charge < -0.3 is 20.1 Å². The molecular weight excluding hydrogens is 304 g/mol. The van der Waals surface area contributed by atoms with Crippen molar-refractivity contribution in [2.75, 3.05) is 47.1 Å². The first-order valence-electron chi connectivity index (χ1n) is 7.38. The number of ether oxygens (including phenoxy) is 2. The lowest BCUT2D eigenvalue weighted by Gasteiger charge is -2.12. The van der Waals surface area contributed by atoms with Gasteiger partial charge in [-0.05, 0) is 24.5 Å². The topological polar surface area (TPSA) is 67.8 Å². The van der Waals surface area contributed by atoms with Crippen molar-refractivity contribution in [1.29, 1.82) is 0 Å². The Morgan fingerprint density at radius 3 is 2.73 bits per heavy atom. The molecule has 1 aromatic rings. The highest BCUT2D eigenvalue weighted by molar-refractivity contribution is 6.29. The first kappa shape index (κ1) is 18.7. The number of hydrogen-bond donors (Lipinski definition) is 2. The molecule has 124 valence electrons. The summed E-state index contributed by atoms with van der Waals surface area (Å²) in [6.07, 6.45) is 3.58. The van der Waals surface area contributed by atoms with E-state index in [1.807, 2.05) is 6.07 Å². The molecule has 0 aromatic carbocycles. The lowest BCUT2D eigenvalue weighted by atomic mass is 10.2. The molecule has 0 saturated carbocycles. The molecule has 0 spiro atoms. The molecule has 7 heteroatoms. The van der Waals surface area contributed by atoms with Crippen LogP contribution in [0.3, 0.4) is 0 Å². The van der Waals surface area contributed by atoms with Crippen molar-refractivity contribution in [2.45, 2.75) is 12.8 Å². The fraction of sp³-hybridized carbons (Fsp3) is 0.600. The van der Waals surface area contributed by atoms with Gasteiger partial charge in [0.1, 0.15) is 5.15 Å². The minimum Gasteiger partial charge on any atom is -0.382 e. The zero-order chi connectivity index (χ0) is 16.0. The number of halogens is 1. The molecule has 0 aliphatic heterocycles. The van der Waals surface area contributed by atoms with Gasteiger partial charge in [0.15, 0.2) is 5.96 Å². The van der Waals surface area contributed by atoms with Gasteiger partial charge in [-0.15, -0.1) is 0 Å². The highest BCUT2D eigenvalue weighted by atomic mass is 35.5. The van der Waals surface area contributed by atoms with E-state index in [9.17, 15) is 0 Å². The molecule has 0 aliphatic rings. The van der Waals surface area contributed by atoms with Gasteiger partial charge >= 0.3 is 0 Å². The van der Waals surface area contributed by atoms with Crippen LogP contribution in [0.2, 0.25) is 5.15 Å². The molecule has 6 nitrogen and oxygen atoms in total. The van der Waals surface area contributed by atoms with Crippen LogP contribution in [0, 0.1) is 0 Å². The Labute approximate surface area is 137 Å². The molecule has 1 rings (SSSR count). The quantitative estimate of drug-likeness (QED) is 0.295. The molecule has 0 saturated heterocycles. The minimum absolute atomic E-state index is 0.516. The van der Waals surface area contributed by atoms with Gasteiger partial charge in [0.05, 0.1) is 13.2 Å². The van der Waals surface area contributed by atoms with Crippen molar-refractivity contribution in [2.24, 2.45) is 4.99 Å². The van der Waals surface area contributed by atoms with Crippen LogP contribution in [0.1, 0.15) is 12.0 Å². The molecule has 22 heavy (non-hydrogen) atoms. The van der Waals surface area contributed by atoms with Crippen LogP contribution in [-0.2, 0) is 15.9 Å². The lowest BCUT2D eigenvalue weighted by molar-refractivity contribution is 0.0698. The maximum absolute atomic E-state index is 5.76. The summed E-state index contributed by atoms with van der Waals surface area (Å²) in [6, 6.07) is 3.78. The second-order valence-corrected chi connectivity index (χ2v) is 5.01. The third kappa shape index (κ3) is 8.81. The maximum atomic E-state index is 5.76. The molecule has 0 atom stereocenters. The Morgan fingerprint density at radius 2 is 2.05 bits per heavy atom. The van der Waals surface area contributed by atoms with Gasteiger partial charge in [0.2, 0.25) is 0 Å². The number of nitrogens with one attached hydrogen (secondary N) is 2.